The molecule has 7 rings (SSSR count). The average Bonchev–Trinajstić information content (AvgIpc) is 3.28. The summed E-state index contributed by atoms with van der Waals surface area (Å²) in [5.74, 6) is 0. The van der Waals surface area contributed by atoms with E-state index in [2.05, 4.69) is 89.1 Å². The van der Waals surface area contributed by atoms with E-state index >= 15 is 0 Å². The van der Waals surface area contributed by atoms with Crippen molar-refractivity contribution in [1.29, 1.82) is 0 Å². The van der Waals surface area contributed by atoms with Gasteiger partial charge < -0.3 is 0 Å². The second-order valence-corrected chi connectivity index (χ2v) is 7.87. The van der Waals surface area contributed by atoms with E-state index < -0.39 is 0 Å². The molecule has 0 atom stereocenters. The van der Waals surface area contributed by atoms with Crippen molar-refractivity contribution in [3.8, 4) is 22.3 Å². The first kappa shape index (κ1) is 15.2. The number of benzene rings is 3. The van der Waals surface area contributed by atoms with Crippen molar-refractivity contribution in [2.24, 2.45) is 0 Å². The minimum absolute atomic E-state index is 0.858. The van der Waals surface area contributed by atoms with Crippen LogP contribution in [0.5, 0.6) is 0 Å². The second kappa shape index (κ2) is 5.39. The van der Waals surface area contributed by atoms with E-state index in [-0.39, 0.29) is 0 Å². The summed E-state index contributed by atoms with van der Waals surface area (Å²) in [5, 5.41) is 16.4. The van der Waals surface area contributed by atoms with Gasteiger partial charge in [0.1, 0.15) is 0 Å². The zero-order valence-electron chi connectivity index (χ0n) is 15.7. The van der Waals surface area contributed by atoms with Gasteiger partial charge in [0.15, 0.2) is 0 Å². The molecule has 0 fully saturated rings. The van der Waals surface area contributed by atoms with Gasteiger partial charge in [0.05, 0.1) is 11.9 Å². The molecule has 0 radical (unpaired) electrons. The Morgan fingerprint density at radius 1 is 0.621 bits per heavy atom. The number of rotatable bonds is 0. The van der Waals surface area contributed by atoms with Crippen LogP contribution in [0.15, 0.2) is 85.1 Å². The molecule has 0 N–H and O–H groups in total. The zero-order valence-corrected chi connectivity index (χ0v) is 15.7. The molecule has 2 heteroatoms. The van der Waals surface area contributed by atoms with Crippen LogP contribution in [0.3, 0.4) is 0 Å². The molecule has 4 aromatic rings. The van der Waals surface area contributed by atoms with Gasteiger partial charge in [0.25, 0.3) is 0 Å². The summed E-state index contributed by atoms with van der Waals surface area (Å²) >= 11 is 0. The molecular weight excluding hydrogens is 352 g/mol. The SMILES string of the molecule is c1ccc2c(c1)cc1cc3c4c(ccc3c-1c1ccccc12)-c1ccnnc1C4. The van der Waals surface area contributed by atoms with Crippen molar-refractivity contribution in [2.45, 2.75) is 6.42 Å². The van der Waals surface area contributed by atoms with Gasteiger partial charge in [0.2, 0.25) is 0 Å². The molecule has 1 heterocycles. The fourth-order valence-electron chi connectivity index (χ4n) is 5.16. The molecule has 0 saturated carbocycles. The zero-order chi connectivity index (χ0) is 18.9. The lowest BCUT2D eigenvalue weighted by Gasteiger charge is -2.04. The Bertz CT molecular complexity index is 1580. The molecule has 134 valence electrons. The first-order valence-electron chi connectivity index (χ1n) is 9.98. The van der Waals surface area contributed by atoms with E-state index in [9.17, 15) is 0 Å². The Balaban J connectivity index is 1.69. The average molecular weight is 368 g/mol. The Labute approximate surface area is 167 Å². The molecule has 0 spiro atoms. The van der Waals surface area contributed by atoms with Crippen LogP contribution >= 0.6 is 0 Å². The maximum Gasteiger partial charge on any atom is 0.0753 e. The third-order valence-electron chi connectivity index (χ3n) is 6.40. The molecule has 3 aliphatic carbocycles. The quantitative estimate of drug-likeness (QED) is 0.301. The summed E-state index contributed by atoms with van der Waals surface area (Å²) in [6.45, 7) is 0. The predicted molar refractivity (Wildman–Crippen MR) is 119 cm³/mol. The fourth-order valence-corrected chi connectivity index (χ4v) is 5.16. The monoisotopic (exact) mass is 368 g/mol. The number of aromatic nitrogens is 2. The number of nitrogens with zero attached hydrogens (tertiary/aromatic N) is 2. The summed E-state index contributed by atoms with van der Waals surface area (Å²) in [4.78, 5) is 0. The maximum atomic E-state index is 4.39. The normalized spacial score (nSPS) is 12.7. The standard InChI is InChI=1S/C27H16N2/c1-2-6-18-16(5-1)13-17-14-24-23(27(17)22-8-4-3-7-19(18)22)10-9-20-21-11-12-28-29-26(21)15-25(20)24/h1-14H,15H2. The van der Waals surface area contributed by atoms with Crippen molar-refractivity contribution in [1.82, 2.24) is 10.2 Å². The van der Waals surface area contributed by atoms with Gasteiger partial charge in [-0.3, -0.25) is 0 Å². The van der Waals surface area contributed by atoms with Crippen LogP contribution in [0.25, 0.3) is 54.6 Å². The largest absolute Gasteiger partial charge is 0.159 e. The third kappa shape index (κ3) is 1.95. The number of hydrogen-bond acceptors (Lipinski definition) is 2. The summed E-state index contributed by atoms with van der Waals surface area (Å²) in [7, 11) is 0. The molecule has 0 aliphatic heterocycles. The highest BCUT2D eigenvalue weighted by Crippen LogP contribution is 2.46. The van der Waals surface area contributed by atoms with Crippen LogP contribution in [0, 0.1) is 0 Å². The molecule has 0 saturated heterocycles. The Kier molecular flexibility index (Phi) is 2.82. The highest BCUT2D eigenvalue weighted by Gasteiger charge is 2.24. The molecule has 3 aliphatic rings. The van der Waals surface area contributed by atoms with Crippen molar-refractivity contribution >= 4 is 32.3 Å². The van der Waals surface area contributed by atoms with Crippen molar-refractivity contribution < 1.29 is 0 Å². The lowest BCUT2D eigenvalue weighted by molar-refractivity contribution is 0.961. The topological polar surface area (TPSA) is 25.8 Å². The summed E-state index contributed by atoms with van der Waals surface area (Å²) in [6, 6.07) is 28.9. The Morgan fingerprint density at radius 2 is 1.41 bits per heavy atom. The number of hydrogen-bond donors (Lipinski definition) is 0. The third-order valence-corrected chi connectivity index (χ3v) is 6.40. The molecule has 3 aromatic carbocycles. The van der Waals surface area contributed by atoms with Gasteiger partial charge in [-0.2, -0.15) is 10.2 Å². The van der Waals surface area contributed by atoms with Gasteiger partial charge in [-0.25, -0.2) is 0 Å². The van der Waals surface area contributed by atoms with Crippen molar-refractivity contribution in [3.05, 3.63) is 96.3 Å². The van der Waals surface area contributed by atoms with E-state index in [4.69, 9.17) is 0 Å². The molecule has 1 aromatic heterocycles. The minimum atomic E-state index is 0.858. The lowest BCUT2D eigenvalue weighted by atomic mass is 9.99. The molecule has 0 unspecified atom stereocenters. The molecular formula is C27H16N2. The van der Waals surface area contributed by atoms with Gasteiger partial charge in [-0.1, -0.05) is 60.7 Å². The maximum absolute atomic E-state index is 4.39. The van der Waals surface area contributed by atoms with Crippen LogP contribution < -0.4 is 0 Å². The molecule has 0 bridgehead atoms. The van der Waals surface area contributed by atoms with Crippen LogP contribution in [0.4, 0.5) is 0 Å². The van der Waals surface area contributed by atoms with E-state index in [0.29, 0.717) is 0 Å². The first-order valence-corrected chi connectivity index (χ1v) is 9.98. The van der Waals surface area contributed by atoms with Gasteiger partial charge in [-0.05, 0) is 72.8 Å². The molecule has 29 heavy (non-hydrogen) atoms. The highest BCUT2D eigenvalue weighted by atomic mass is 15.1. The van der Waals surface area contributed by atoms with E-state index in [1.165, 1.54) is 60.1 Å². The lowest BCUT2D eigenvalue weighted by Crippen LogP contribution is -1.88. The van der Waals surface area contributed by atoms with Crippen LogP contribution in [0.2, 0.25) is 0 Å². The predicted octanol–water partition coefficient (Wildman–Crippen LogP) is 6.61. The Hall–Kier alpha value is -3.78. The smallest absolute Gasteiger partial charge is 0.0753 e. The van der Waals surface area contributed by atoms with E-state index in [1.54, 1.807) is 6.20 Å². The molecule has 2 nitrogen and oxygen atoms in total. The van der Waals surface area contributed by atoms with Gasteiger partial charge >= 0.3 is 0 Å². The van der Waals surface area contributed by atoms with Gasteiger partial charge in [0, 0.05) is 12.0 Å². The number of fused-ring (bicyclic) bond motifs is 11. The van der Waals surface area contributed by atoms with E-state index in [0.717, 1.165) is 12.1 Å². The fraction of sp³-hybridized carbons (Fsp3) is 0.0370. The van der Waals surface area contributed by atoms with E-state index in [1.807, 2.05) is 0 Å². The highest BCUT2D eigenvalue weighted by molar-refractivity contribution is 6.20. The van der Waals surface area contributed by atoms with Crippen LogP contribution in [-0.2, 0) is 6.42 Å². The van der Waals surface area contributed by atoms with Crippen molar-refractivity contribution in [3.63, 3.8) is 0 Å². The summed E-state index contributed by atoms with van der Waals surface area (Å²) in [6.07, 6.45) is 2.65. The minimum Gasteiger partial charge on any atom is -0.159 e. The summed E-state index contributed by atoms with van der Waals surface area (Å²) < 4.78 is 0. The first-order chi connectivity index (χ1) is 14.4. The molecule has 0 amide bonds. The summed E-state index contributed by atoms with van der Waals surface area (Å²) in [5.41, 5.74) is 7.63. The second-order valence-electron chi connectivity index (χ2n) is 7.87. The Morgan fingerprint density at radius 3 is 2.34 bits per heavy atom. The van der Waals surface area contributed by atoms with Crippen molar-refractivity contribution in [2.75, 3.05) is 0 Å². The van der Waals surface area contributed by atoms with Gasteiger partial charge in [-0.15, -0.1) is 0 Å². The van der Waals surface area contributed by atoms with Crippen LogP contribution in [0.1, 0.15) is 11.3 Å². The van der Waals surface area contributed by atoms with Crippen LogP contribution in [-0.4, -0.2) is 10.2 Å².